The van der Waals surface area contributed by atoms with Crippen LogP contribution in [0.25, 0.3) is 0 Å². The number of hydrogen-bond acceptors (Lipinski definition) is 4. The summed E-state index contributed by atoms with van der Waals surface area (Å²) in [7, 11) is 1.52. The third kappa shape index (κ3) is 3.64. The summed E-state index contributed by atoms with van der Waals surface area (Å²) < 4.78 is 9.80. The number of alkyl halides is 1. The van der Waals surface area contributed by atoms with E-state index in [9.17, 15) is 9.59 Å². The highest BCUT2D eigenvalue weighted by molar-refractivity contribution is 6.26. The predicted octanol–water partition coefficient (Wildman–Crippen LogP) is 1.00. The van der Waals surface area contributed by atoms with E-state index in [-0.39, 0.29) is 5.88 Å². The Labute approximate surface area is 103 Å². The van der Waals surface area contributed by atoms with Gasteiger partial charge in [-0.3, -0.25) is 9.59 Å². The second-order valence-corrected chi connectivity index (χ2v) is 3.45. The van der Waals surface area contributed by atoms with Gasteiger partial charge in [-0.05, 0) is 12.1 Å². The van der Waals surface area contributed by atoms with E-state index >= 15 is 0 Å². The molecule has 0 radical (unpaired) electrons. The molecule has 0 aromatic heterocycles. The van der Waals surface area contributed by atoms with Gasteiger partial charge in [0, 0.05) is 5.56 Å². The average molecular weight is 258 g/mol. The zero-order valence-electron chi connectivity index (χ0n) is 9.18. The molecule has 0 bridgehead atoms. The Balaban J connectivity index is 2.89. The van der Waals surface area contributed by atoms with Crippen LogP contribution in [0.1, 0.15) is 11.7 Å². The Morgan fingerprint density at radius 1 is 1.35 bits per heavy atom. The summed E-state index contributed by atoms with van der Waals surface area (Å²) in [6.45, 7) is 0. The lowest BCUT2D eigenvalue weighted by molar-refractivity contribution is -0.152. The van der Waals surface area contributed by atoms with Gasteiger partial charge in [0.15, 0.2) is 0 Å². The number of amides is 1. The monoisotopic (exact) mass is 257 g/mol. The fraction of sp³-hybridized carbons (Fsp3) is 0.273. The molecule has 1 unspecified atom stereocenters. The van der Waals surface area contributed by atoms with E-state index in [0.29, 0.717) is 11.3 Å². The van der Waals surface area contributed by atoms with E-state index in [2.05, 4.69) is 0 Å². The van der Waals surface area contributed by atoms with E-state index in [1.807, 2.05) is 0 Å². The summed E-state index contributed by atoms with van der Waals surface area (Å²) >= 11 is 5.29. The first-order chi connectivity index (χ1) is 8.08. The summed E-state index contributed by atoms with van der Waals surface area (Å²) in [6, 6.07) is 6.46. The maximum Gasteiger partial charge on any atom is 0.322 e. The van der Waals surface area contributed by atoms with Crippen molar-refractivity contribution in [2.75, 3.05) is 13.0 Å². The second-order valence-electron chi connectivity index (χ2n) is 3.18. The Morgan fingerprint density at radius 2 is 1.94 bits per heavy atom. The number of hydrogen-bond donors (Lipinski definition) is 1. The van der Waals surface area contributed by atoms with Gasteiger partial charge in [0.2, 0.25) is 6.10 Å². The second kappa shape index (κ2) is 6.10. The smallest absolute Gasteiger partial charge is 0.322 e. The fourth-order valence-electron chi connectivity index (χ4n) is 1.23. The molecule has 92 valence electrons. The minimum Gasteiger partial charge on any atom is -0.497 e. The van der Waals surface area contributed by atoms with E-state index in [1.165, 1.54) is 7.11 Å². The van der Waals surface area contributed by atoms with E-state index in [1.54, 1.807) is 24.3 Å². The normalized spacial score (nSPS) is 11.6. The zero-order chi connectivity index (χ0) is 12.8. The van der Waals surface area contributed by atoms with Crippen LogP contribution in [-0.2, 0) is 14.3 Å². The lowest BCUT2D eigenvalue weighted by atomic mass is 10.1. The molecule has 1 aromatic rings. The molecule has 1 atom stereocenters. The largest absolute Gasteiger partial charge is 0.497 e. The predicted molar refractivity (Wildman–Crippen MR) is 61.7 cm³/mol. The maximum atomic E-state index is 11.2. The molecule has 0 fully saturated rings. The first-order valence-electron chi connectivity index (χ1n) is 4.77. The minimum atomic E-state index is -1.13. The molecule has 1 aromatic carbocycles. The average Bonchev–Trinajstić information content (AvgIpc) is 2.35. The molecule has 0 heterocycles. The van der Waals surface area contributed by atoms with Gasteiger partial charge in [0.1, 0.15) is 11.6 Å². The highest BCUT2D eigenvalue weighted by atomic mass is 35.5. The third-order valence-corrected chi connectivity index (χ3v) is 2.25. The first kappa shape index (κ1) is 13.3. The van der Waals surface area contributed by atoms with Crippen molar-refractivity contribution in [1.82, 2.24) is 0 Å². The van der Waals surface area contributed by atoms with Crippen molar-refractivity contribution in [3.63, 3.8) is 0 Å². The van der Waals surface area contributed by atoms with Gasteiger partial charge in [-0.15, -0.1) is 11.6 Å². The quantitative estimate of drug-likeness (QED) is 0.631. The van der Waals surface area contributed by atoms with Crippen molar-refractivity contribution < 1.29 is 19.1 Å². The SMILES string of the molecule is COc1ccc(C(OC(=O)CCl)C(N)=O)cc1. The molecule has 6 heteroatoms. The van der Waals surface area contributed by atoms with Crippen LogP contribution in [0.15, 0.2) is 24.3 Å². The number of nitrogens with two attached hydrogens (primary N) is 1. The standard InChI is InChI=1S/C11H12ClNO4/c1-16-8-4-2-7(3-5-8)10(11(13)15)17-9(14)6-12/h2-5,10H,6H2,1H3,(H2,13,15). The van der Waals surface area contributed by atoms with Crippen molar-refractivity contribution in [2.24, 2.45) is 5.73 Å². The molecule has 2 N–H and O–H groups in total. The number of benzene rings is 1. The van der Waals surface area contributed by atoms with Crippen LogP contribution in [0.3, 0.4) is 0 Å². The Hall–Kier alpha value is -1.75. The number of esters is 1. The van der Waals surface area contributed by atoms with E-state index < -0.39 is 18.0 Å². The van der Waals surface area contributed by atoms with Crippen molar-refractivity contribution in [1.29, 1.82) is 0 Å². The number of carbonyl (C=O) groups excluding carboxylic acids is 2. The Bertz CT molecular complexity index is 404. The molecule has 1 amide bonds. The molecule has 0 saturated carbocycles. The lowest BCUT2D eigenvalue weighted by Gasteiger charge is -2.14. The maximum absolute atomic E-state index is 11.2. The first-order valence-corrected chi connectivity index (χ1v) is 5.30. The third-order valence-electron chi connectivity index (χ3n) is 2.04. The van der Waals surface area contributed by atoms with Crippen molar-refractivity contribution in [3.8, 4) is 5.75 Å². The molecule has 0 spiro atoms. The number of methoxy groups -OCH3 is 1. The molecule has 17 heavy (non-hydrogen) atoms. The molecule has 0 saturated heterocycles. The number of halogens is 1. The summed E-state index contributed by atoms with van der Waals surface area (Å²) in [6.07, 6.45) is -1.13. The van der Waals surface area contributed by atoms with Gasteiger partial charge >= 0.3 is 5.97 Å². The van der Waals surface area contributed by atoms with Crippen LogP contribution >= 0.6 is 11.6 Å². The highest BCUT2D eigenvalue weighted by Gasteiger charge is 2.22. The van der Waals surface area contributed by atoms with Crippen LogP contribution < -0.4 is 10.5 Å². The van der Waals surface area contributed by atoms with Crippen molar-refractivity contribution >= 4 is 23.5 Å². The van der Waals surface area contributed by atoms with Crippen molar-refractivity contribution in [3.05, 3.63) is 29.8 Å². The minimum absolute atomic E-state index is 0.333. The summed E-state index contributed by atoms with van der Waals surface area (Å²) in [4.78, 5) is 22.2. The van der Waals surface area contributed by atoms with Gasteiger partial charge in [0.05, 0.1) is 7.11 Å². The van der Waals surface area contributed by atoms with Gasteiger partial charge in [-0.25, -0.2) is 0 Å². The van der Waals surface area contributed by atoms with Gasteiger partial charge in [-0.2, -0.15) is 0 Å². The summed E-state index contributed by atoms with van der Waals surface area (Å²) in [5.74, 6) is -1.17. The highest BCUT2D eigenvalue weighted by Crippen LogP contribution is 2.20. The topological polar surface area (TPSA) is 78.6 Å². The number of rotatable bonds is 5. The zero-order valence-corrected chi connectivity index (χ0v) is 9.94. The Morgan fingerprint density at radius 3 is 2.35 bits per heavy atom. The molecular formula is C11H12ClNO4. The van der Waals surface area contributed by atoms with Gasteiger partial charge < -0.3 is 15.2 Å². The van der Waals surface area contributed by atoms with Gasteiger partial charge in [-0.1, -0.05) is 12.1 Å². The lowest BCUT2D eigenvalue weighted by Crippen LogP contribution is -2.26. The van der Waals surface area contributed by atoms with Crippen LogP contribution in [0, 0.1) is 0 Å². The number of ether oxygens (including phenoxy) is 2. The molecule has 1 rings (SSSR count). The summed E-state index contributed by atoms with van der Waals surface area (Å²) in [5, 5.41) is 0. The van der Waals surface area contributed by atoms with E-state index in [4.69, 9.17) is 26.8 Å². The van der Waals surface area contributed by atoms with Gasteiger partial charge in [0.25, 0.3) is 5.91 Å². The molecule has 0 aliphatic carbocycles. The van der Waals surface area contributed by atoms with E-state index in [0.717, 1.165) is 0 Å². The Kier molecular flexibility index (Phi) is 4.78. The molecule has 5 nitrogen and oxygen atoms in total. The van der Waals surface area contributed by atoms with Crippen LogP contribution in [0.5, 0.6) is 5.75 Å². The number of carbonyl (C=O) groups is 2. The van der Waals surface area contributed by atoms with Crippen LogP contribution in [-0.4, -0.2) is 24.9 Å². The van der Waals surface area contributed by atoms with Crippen molar-refractivity contribution in [2.45, 2.75) is 6.10 Å². The van der Waals surface area contributed by atoms with Crippen LogP contribution in [0.4, 0.5) is 0 Å². The number of primary amides is 1. The molecule has 0 aliphatic rings. The summed E-state index contributed by atoms with van der Waals surface area (Å²) in [5.41, 5.74) is 5.62. The molecular weight excluding hydrogens is 246 g/mol. The van der Waals surface area contributed by atoms with Crippen LogP contribution in [0.2, 0.25) is 0 Å². The fourth-order valence-corrected chi connectivity index (χ4v) is 1.30. The molecule has 0 aliphatic heterocycles.